The van der Waals surface area contributed by atoms with Crippen LogP contribution in [0.5, 0.6) is 0 Å². The molecule has 3 aliphatic heterocycles. The number of allylic oxidation sites excluding steroid dienone is 1. The second-order valence-corrected chi connectivity index (χ2v) is 10.9. The predicted molar refractivity (Wildman–Crippen MR) is 132 cm³/mol. The fraction of sp³-hybridized carbons (Fsp3) is 0.643. The van der Waals surface area contributed by atoms with Gasteiger partial charge in [-0.15, -0.1) is 0 Å². The average molecular weight is 484 g/mol. The Balaban J connectivity index is 1.28. The summed E-state index contributed by atoms with van der Waals surface area (Å²) in [5.41, 5.74) is 2.21. The van der Waals surface area contributed by atoms with Gasteiger partial charge in [-0.05, 0) is 75.3 Å². The predicted octanol–water partition coefficient (Wildman–Crippen LogP) is 4.08. The van der Waals surface area contributed by atoms with E-state index in [-0.39, 0.29) is 24.2 Å². The molecule has 5 rings (SSSR count). The number of rotatable bonds is 6. The Morgan fingerprint density at radius 3 is 2.71 bits per heavy atom. The molecule has 0 aromatic heterocycles. The van der Waals surface area contributed by atoms with Gasteiger partial charge in [0.15, 0.2) is 0 Å². The van der Waals surface area contributed by atoms with Gasteiger partial charge in [0.05, 0.1) is 6.54 Å². The number of benzene rings is 1. The molecule has 3 heterocycles. The Morgan fingerprint density at radius 2 is 1.94 bits per heavy atom. The fourth-order valence-electron chi connectivity index (χ4n) is 6.53. The lowest BCUT2D eigenvalue weighted by Crippen LogP contribution is -2.49. The van der Waals surface area contributed by atoms with E-state index in [4.69, 9.17) is 4.74 Å². The zero-order valence-electron chi connectivity index (χ0n) is 20.8. The summed E-state index contributed by atoms with van der Waals surface area (Å²) in [7, 11) is 0. The Morgan fingerprint density at radius 1 is 1.17 bits per heavy atom. The molecule has 1 aromatic carbocycles. The first kappa shape index (κ1) is 24.4. The molecule has 6 nitrogen and oxygen atoms in total. The quantitative estimate of drug-likeness (QED) is 0.640. The molecule has 2 amide bonds. The Kier molecular flexibility index (Phi) is 7.26. The molecular formula is C28H38FN3O3. The smallest absolute Gasteiger partial charge is 0.255 e. The van der Waals surface area contributed by atoms with Crippen molar-refractivity contribution in [2.45, 2.75) is 89.4 Å². The van der Waals surface area contributed by atoms with Crippen LogP contribution < -0.4 is 10.6 Å². The van der Waals surface area contributed by atoms with Crippen molar-refractivity contribution in [3.63, 3.8) is 0 Å². The number of nitrogens with zero attached hydrogens (tertiary/aromatic N) is 1. The first-order valence-electron chi connectivity index (χ1n) is 13.4. The first-order chi connectivity index (χ1) is 16.9. The number of hydrogen-bond donors (Lipinski definition) is 2. The molecule has 1 aromatic rings. The fourth-order valence-corrected chi connectivity index (χ4v) is 6.53. The summed E-state index contributed by atoms with van der Waals surface area (Å²) in [4.78, 5) is 27.0. The number of amides is 2. The molecule has 1 aliphatic carbocycles. The lowest BCUT2D eigenvalue weighted by molar-refractivity contribution is -0.126. The number of halogens is 1. The number of fused-ring (bicyclic) bond motifs is 1. The summed E-state index contributed by atoms with van der Waals surface area (Å²) in [5, 5.41) is 6.65. The highest BCUT2D eigenvalue weighted by Crippen LogP contribution is 2.34. The van der Waals surface area contributed by atoms with Gasteiger partial charge in [-0.2, -0.15) is 0 Å². The zero-order chi connectivity index (χ0) is 24.5. The van der Waals surface area contributed by atoms with Gasteiger partial charge in [-0.25, -0.2) is 4.39 Å². The standard InChI is InChI=1S/C28H38FN3O3/c1-17-7-10-25(27(33)30-17)32-16-23-22(28(32)34)9-8-21(26(23)29)15-20-5-3-4-6-24(20)31-18(2)19-11-13-35-14-12-19/h8-9,18-20,24-25,31H,1,3-7,10-16H2,2H3,(H,30,33)/t18-,20+,24-,25?/m0/s1. The lowest BCUT2D eigenvalue weighted by atomic mass is 9.79. The Labute approximate surface area is 207 Å². The highest BCUT2D eigenvalue weighted by atomic mass is 19.1. The molecule has 3 fully saturated rings. The maximum Gasteiger partial charge on any atom is 0.255 e. The van der Waals surface area contributed by atoms with Crippen LogP contribution in [0.1, 0.15) is 79.8 Å². The largest absolute Gasteiger partial charge is 0.381 e. The summed E-state index contributed by atoms with van der Waals surface area (Å²) < 4.78 is 21.3. The van der Waals surface area contributed by atoms with Crippen LogP contribution in [0.25, 0.3) is 0 Å². The van der Waals surface area contributed by atoms with Crippen LogP contribution in [-0.4, -0.2) is 48.1 Å². The third-order valence-electron chi connectivity index (χ3n) is 8.68. The summed E-state index contributed by atoms with van der Waals surface area (Å²) in [5.74, 6) is 0.273. The molecule has 4 aliphatic rings. The normalized spacial score (nSPS) is 28.7. The molecule has 7 heteroatoms. The second-order valence-electron chi connectivity index (χ2n) is 10.9. The van der Waals surface area contributed by atoms with E-state index in [1.54, 1.807) is 12.1 Å². The van der Waals surface area contributed by atoms with E-state index in [2.05, 4.69) is 24.1 Å². The zero-order valence-corrected chi connectivity index (χ0v) is 20.8. The number of carbonyl (C=O) groups is 2. The number of nitrogens with one attached hydrogen (secondary N) is 2. The SMILES string of the molecule is C=C1CCC(N2Cc3c(ccc(C[C@H]4CCCC[C@@H]4N[C@@H](C)C4CCOCC4)c3F)C2=O)C(=O)N1. The highest BCUT2D eigenvalue weighted by Gasteiger charge is 2.40. The number of carbonyl (C=O) groups excluding carboxylic acids is 2. The van der Waals surface area contributed by atoms with Crippen molar-refractivity contribution in [2.75, 3.05) is 13.2 Å². The van der Waals surface area contributed by atoms with Crippen LogP contribution in [0, 0.1) is 17.7 Å². The van der Waals surface area contributed by atoms with Crippen LogP contribution in [-0.2, 0) is 22.5 Å². The summed E-state index contributed by atoms with van der Waals surface area (Å²) >= 11 is 0. The van der Waals surface area contributed by atoms with Crippen molar-refractivity contribution < 1.29 is 18.7 Å². The molecule has 1 unspecified atom stereocenters. The monoisotopic (exact) mass is 483 g/mol. The van der Waals surface area contributed by atoms with Crippen molar-refractivity contribution >= 4 is 11.8 Å². The molecule has 4 atom stereocenters. The average Bonchev–Trinajstić information content (AvgIpc) is 3.19. The van der Waals surface area contributed by atoms with E-state index in [0.29, 0.717) is 65.6 Å². The van der Waals surface area contributed by atoms with Crippen molar-refractivity contribution in [1.82, 2.24) is 15.5 Å². The minimum Gasteiger partial charge on any atom is -0.381 e. The molecule has 35 heavy (non-hydrogen) atoms. The van der Waals surface area contributed by atoms with Crippen molar-refractivity contribution in [3.05, 3.63) is 46.9 Å². The summed E-state index contributed by atoms with van der Waals surface area (Å²) in [6.07, 6.45) is 8.63. The van der Waals surface area contributed by atoms with Gasteiger partial charge in [-0.1, -0.05) is 25.5 Å². The van der Waals surface area contributed by atoms with E-state index < -0.39 is 6.04 Å². The molecule has 0 bridgehead atoms. The maximum absolute atomic E-state index is 15.8. The summed E-state index contributed by atoms with van der Waals surface area (Å²) in [6, 6.07) is 3.81. The van der Waals surface area contributed by atoms with Gasteiger partial charge in [0.2, 0.25) is 5.91 Å². The molecule has 2 N–H and O–H groups in total. The van der Waals surface area contributed by atoms with Crippen LogP contribution in [0.15, 0.2) is 24.4 Å². The van der Waals surface area contributed by atoms with Crippen molar-refractivity contribution in [1.29, 1.82) is 0 Å². The molecule has 190 valence electrons. The summed E-state index contributed by atoms with van der Waals surface area (Å²) in [6.45, 7) is 7.94. The minimum absolute atomic E-state index is 0.158. The van der Waals surface area contributed by atoms with E-state index in [1.807, 2.05) is 0 Å². The van der Waals surface area contributed by atoms with E-state index in [1.165, 1.54) is 17.7 Å². The molecule has 0 radical (unpaired) electrons. The first-order valence-corrected chi connectivity index (χ1v) is 13.4. The van der Waals surface area contributed by atoms with Gasteiger partial charge in [0, 0.05) is 42.1 Å². The van der Waals surface area contributed by atoms with Crippen molar-refractivity contribution in [3.8, 4) is 0 Å². The number of piperidine rings is 1. The number of hydrogen-bond acceptors (Lipinski definition) is 4. The number of ether oxygens (including phenoxy) is 1. The molecular weight excluding hydrogens is 445 g/mol. The van der Waals surface area contributed by atoms with Gasteiger partial charge in [0.25, 0.3) is 5.91 Å². The van der Waals surface area contributed by atoms with Gasteiger partial charge in [-0.3, -0.25) is 9.59 Å². The third-order valence-corrected chi connectivity index (χ3v) is 8.68. The van der Waals surface area contributed by atoms with E-state index in [9.17, 15) is 9.59 Å². The maximum atomic E-state index is 15.8. The topological polar surface area (TPSA) is 70.7 Å². The molecule has 0 spiro atoms. The Bertz CT molecular complexity index is 990. The van der Waals surface area contributed by atoms with E-state index in [0.717, 1.165) is 38.9 Å². The lowest BCUT2D eigenvalue weighted by Gasteiger charge is -2.38. The van der Waals surface area contributed by atoms with Crippen LogP contribution in [0.2, 0.25) is 0 Å². The van der Waals surface area contributed by atoms with Gasteiger partial charge in [0.1, 0.15) is 11.9 Å². The van der Waals surface area contributed by atoms with Crippen LogP contribution >= 0.6 is 0 Å². The Hall–Kier alpha value is -2.25. The molecule has 2 saturated heterocycles. The molecule has 1 saturated carbocycles. The highest BCUT2D eigenvalue weighted by molar-refractivity contribution is 6.01. The van der Waals surface area contributed by atoms with Gasteiger partial charge >= 0.3 is 0 Å². The minimum atomic E-state index is -0.568. The second kappa shape index (κ2) is 10.4. The van der Waals surface area contributed by atoms with Gasteiger partial charge < -0.3 is 20.3 Å². The van der Waals surface area contributed by atoms with E-state index >= 15 is 4.39 Å². The van der Waals surface area contributed by atoms with Crippen molar-refractivity contribution in [2.24, 2.45) is 11.8 Å². The third kappa shape index (κ3) is 5.03. The van der Waals surface area contributed by atoms with Crippen LogP contribution in [0.3, 0.4) is 0 Å². The van der Waals surface area contributed by atoms with Crippen LogP contribution in [0.4, 0.5) is 4.39 Å².